The number of imidazole rings is 1. The predicted molar refractivity (Wildman–Crippen MR) is 147 cm³/mol. The van der Waals surface area contributed by atoms with Crippen molar-refractivity contribution in [2.24, 2.45) is 0 Å². The van der Waals surface area contributed by atoms with E-state index in [0.717, 1.165) is 36.3 Å². The Labute approximate surface area is 230 Å². The second-order valence-electron chi connectivity index (χ2n) is 9.81. The van der Waals surface area contributed by atoms with Gasteiger partial charge in [0.25, 0.3) is 0 Å². The van der Waals surface area contributed by atoms with Crippen LogP contribution in [0, 0.1) is 23.0 Å². The van der Waals surface area contributed by atoms with E-state index in [1.165, 1.54) is 24.3 Å². The van der Waals surface area contributed by atoms with Crippen LogP contribution in [0.1, 0.15) is 35.4 Å². The van der Waals surface area contributed by atoms with Crippen LogP contribution in [0.3, 0.4) is 0 Å². The number of hydrogen-bond donors (Lipinski definition) is 0. The molecule has 6 rings (SSSR count). The second kappa shape index (κ2) is 11.2. The molecule has 6 nitrogen and oxygen atoms in total. The molecule has 0 aliphatic carbocycles. The zero-order chi connectivity index (χ0) is 27.5. The van der Waals surface area contributed by atoms with Crippen molar-refractivity contribution in [1.29, 1.82) is 5.26 Å². The Bertz CT molecular complexity index is 1720. The number of ether oxygens (including phenoxy) is 2. The SMILES string of the molecule is N#Cc1ccc(COc2cccc(-c3ccc(Cc4nc5ccccc5n4C[C@@H]4CCCO4)c(F)c3)n2)c(F)c1. The Morgan fingerprint density at radius 3 is 2.60 bits per heavy atom. The van der Waals surface area contributed by atoms with Crippen LogP contribution in [0.4, 0.5) is 8.78 Å². The largest absolute Gasteiger partial charge is 0.473 e. The molecule has 5 aromatic rings. The molecule has 40 heavy (non-hydrogen) atoms. The average molecular weight is 537 g/mol. The summed E-state index contributed by atoms with van der Waals surface area (Å²) in [5.74, 6) is 0.221. The van der Waals surface area contributed by atoms with E-state index >= 15 is 4.39 Å². The molecule has 0 saturated carbocycles. The van der Waals surface area contributed by atoms with Gasteiger partial charge < -0.3 is 14.0 Å². The quantitative estimate of drug-likeness (QED) is 0.224. The molecule has 1 aliphatic rings. The summed E-state index contributed by atoms with van der Waals surface area (Å²) in [5.41, 5.74) is 4.13. The van der Waals surface area contributed by atoms with Gasteiger partial charge in [-0.05, 0) is 54.8 Å². The minimum Gasteiger partial charge on any atom is -0.473 e. The lowest BCUT2D eigenvalue weighted by molar-refractivity contribution is 0.0973. The Balaban J connectivity index is 1.20. The minimum absolute atomic E-state index is 0.0474. The maximum Gasteiger partial charge on any atom is 0.214 e. The third kappa shape index (κ3) is 5.42. The van der Waals surface area contributed by atoms with Crippen molar-refractivity contribution >= 4 is 11.0 Å². The average Bonchev–Trinajstić information content (AvgIpc) is 3.62. The van der Waals surface area contributed by atoms with E-state index < -0.39 is 5.82 Å². The lowest BCUT2D eigenvalue weighted by atomic mass is 10.1. The van der Waals surface area contributed by atoms with Crippen LogP contribution >= 0.6 is 0 Å². The Kier molecular flexibility index (Phi) is 7.21. The number of hydrogen-bond acceptors (Lipinski definition) is 5. The van der Waals surface area contributed by atoms with Gasteiger partial charge in [-0.3, -0.25) is 0 Å². The van der Waals surface area contributed by atoms with Crippen molar-refractivity contribution in [2.75, 3.05) is 6.61 Å². The van der Waals surface area contributed by atoms with Crippen molar-refractivity contribution in [1.82, 2.24) is 14.5 Å². The Hall–Kier alpha value is -4.61. The van der Waals surface area contributed by atoms with Crippen LogP contribution in [0.25, 0.3) is 22.3 Å². The highest BCUT2D eigenvalue weighted by Crippen LogP contribution is 2.26. The first-order valence-corrected chi connectivity index (χ1v) is 13.2. The minimum atomic E-state index is -0.517. The normalized spacial score (nSPS) is 14.9. The summed E-state index contributed by atoms with van der Waals surface area (Å²) < 4.78 is 43.3. The van der Waals surface area contributed by atoms with Crippen LogP contribution in [0.15, 0.2) is 78.9 Å². The molecule has 1 aliphatic heterocycles. The summed E-state index contributed by atoms with van der Waals surface area (Å²) in [4.78, 5) is 9.30. The van der Waals surface area contributed by atoms with Gasteiger partial charge in [0.15, 0.2) is 0 Å². The fourth-order valence-corrected chi connectivity index (χ4v) is 5.02. The summed E-state index contributed by atoms with van der Waals surface area (Å²) in [6, 6.07) is 24.3. The molecule has 0 bridgehead atoms. The number of halogens is 2. The van der Waals surface area contributed by atoms with Crippen LogP contribution in [-0.4, -0.2) is 27.2 Å². The first kappa shape index (κ1) is 25.7. The predicted octanol–water partition coefficient (Wildman–Crippen LogP) is 6.60. The van der Waals surface area contributed by atoms with E-state index in [-0.39, 0.29) is 30.0 Å². The van der Waals surface area contributed by atoms with Gasteiger partial charge in [0.1, 0.15) is 24.1 Å². The number of nitrogens with zero attached hydrogens (tertiary/aromatic N) is 4. The van der Waals surface area contributed by atoms with Gasteiger partial charge in [-0.1, -0.05) is 36.4 Å². The van der Waals surface area contributed by atoms with Crippen molar-refractivity contribution < 1.29 is 18.3 Å². The third-order valence-electron chi connectivity index (χ3n) is 7.12. The molecule has 8 heteroatoms. The first-order chi connectivity index (χ1) is 19.6. The van der Waals surface area contributed by atoms with Crippen molar-refractivity contribution in [3.63, 3.8) is 0 Å². The van der Waals surface area contributed by atoms with E-state index in [4.69, 9.17) is 19.7 Å². The number of pyridine rings is 1. The highest BCUT2D eigenvalue weighted by molar-refractivity contribution is 5.76. The highest BCUT2D eigenvalue weighted by Gasteiger charge is 2.20. The molecule has 0 N–H and O–H groups in total. The van der Waals surface area contributed by atoms with Crippen LogP contribution in [0.5, 0.6) is 5.88 Å². The topological polar surface area (TPSA) is 73.0 Å². The van der Waals surface area contributed by atoms with Crippen LogP contribution < -0.4 is 4.74 Å². The molecule has 0 spiro atoms. The van der Waals surface area contributed by atoms with Gasteiger partial charge in [-0.15, -0.1) is 0 Å². The third-order valence-corrected chi connectivity index (χ3v) is 7.12. The molecule has 1 atom stereocenters. The maximum absolute atomic E-state index is 15.4. The molecule has 1 fully saturated rings. The summed E-state index contributed by atoms with van der Waals surface area (Å²) >= 11 is 0. The highest BCUT2D eigenvalue weighted by atomic mass is 19.1. The first-order valence-electron chi connectivity index (χ1n) is 13.2. The number of para-hydroxylation sites is 2. The van der Waals surface area contributed by atoms with E-state index in [1.54, 1.807) is 24.3 Å². The lowest BCUT2D eigenvalue weighted by Crippen LogP contribution is -2.17. The summed E-state index contributed by atoms with van der Waals surface area (Å²) in [5, 5.41) is 8.91. The van der Waals surface area contributed by atoms with Gasteiger partial charge in [-0.2, -0.15) is 5.26 Å². The monoisotopic (exact) mass is 536 g/mol. The summed E-state index contributed by atoms with van der Waals surface area (Å²) in [6.45, 7) is 1.42. The van der Waals surface area contributed by atoms with Crippen molar-refractivity contribution in [3.05, 3.63) is 113 Å². The van der Waals surface area contributed by atoms with Crippen LogP contribution in [-0.2, 0) is 24.3 Å². The molecular weight excluding hydrogens is 510 g/mol. The molecule has 3 heterocycles. The fraction of sp³-hybridized carbons (Fsp3) is 0.219. The van der Waals surface area contributed by atoms with E-state index in [9.17, 15) is 4.39 Å². The molecule has 0 radical (unpaired) electrons. The van der Waals surface area contributed by atoms with E-state index in [1.807, 2.05) is 36.4 Å². The van der Waals surface area contributed by atoms with Crippen molar-refractivity contribution in [3.8, 4) is 23.2 Å². The van der Waals surface area contributed by atoms with Crippen LogP contribution in [0.2, 0.25) is 0 Å². The molecule has 0 unspecified atom stereocenters. The van der Waals surface area contributed by atoms with Gasteiger partial charge in [0.05, 0.1) is 41.0 Å². The zero-order valence-corrected chi connectivity index (χ0v) is 21.7. The number of fused-ring (bicyclic) bond motifs is 1. The van der Waals surface area contributed by atoms with Crippen molar-refractivity contribution in [2.45, 2.75) is 38.5 Å². The molecule has 3 aromatic carbocycles. The Morgan fingerprint density at radius 2 is 1.80 bits per heavy atom. The van der Waals surface area contributed by atoms with Gasteiger partial charge in [-0.25, -0.2) is 18.7 Å². The number of nitriles is 1. The maximum atomic E-state index is 15.4. The zero-order valence-electron chi connectivity index (χ0n) is 21.7. The molecular formula is C32H26F2N4O2. The number of aromatic nitrogens is 3. The summed E-state index contributed by atoms with van der Waals surface area (Å²) in [6.07, 6.45) is 2.54. The number of rotatable bonds is 8. The molecule has 2 aromatic heterocycles. The lowest BCUT2D eigenvalue weighted by Gasteiger charge is -2.15. The van der Waals surface area contributed by atoms with Gasteiger partial charge >= 0.3 is 0 Å². The Morgan fingerprint density at radius 1 is 0.950 bits per heavy atom. The summed E-state index contributed by atoms with van der Waals surface area (Å²) in [7, 11) is 0. The van der Waals surface area contributed by atoms with E-state index in [2.05, 4.69) is 9.55 Å². The fourth-order valence-electron chi connectivity index (χ4n) is 5.02. The van der Waals surface area contributed by atoms with E-state index in [0.29, 0.717) is 35.3 Å². The molecule has 1 saturated heterocycles. The standard InChI is InChI=1S/C32H26F2N4O2/c33-26-15-21(18-35)10-11-24(26)20-40-32-9-3-7-28(37-32)23-13-12-22(27(34)16-23)17-31-36-29-6-1-2-8-30(29)38(31)19-25-5-4-14-39-25/h1-3,6-13,15-16,25H,4-5,14,17,19-20H2/t25-/m0/s1. The second-order valence-corrected chi connectivity index (χ2v) is 9.81. The molecule has 200 valence electrons. The smallest absolute Gasteiger partial charge is 0.214 e. The van der Waals surface area contributed by atoms with Gasteiger partial charge in [0.2, 0.25) is 5.88 Å². The van der Waals surface area contributed by atoms with Gasteiger partial charge in [0, 0.05) is 30.2 Å². The number of benzene rings is 3. The molecule has 0 amide bonds.